The largest absolute Gasteiger partial charge is 0.459 e. The molecule has 0 spiro atoms. The van der Waals surface area contributed by atoms with Gasteiger partial charge in [-0.3, -0.25) is 9.59 Å². The number of rotatable bonds is 8. The summed E-state index contributed by atoms with van der Waals surface area (Å²) >= 11 is 1.66. The van der Waals surface area contributed by atoms with E-state index in [1.165, 1.54) is 6.26 Å². The highest BCUT2D eigenvalue weighted by molar-refractivity contribution is 7.98. The summed E-state index contributed by atoms with van der Waals surface area (Å²) in [5, 5.41) is 11.3. The molecule has 0 radical (unpaired) electrons. The standard InChI is InChI=1S/C20H29N5O3S/c1-14(2)25-13-21-23-18(25)15-6-4-9-24(12-15)20(27)16(8-11-29-3)22-19(26)17-7-5-10-28-17/h5,7,10,13-16H,4,6,8-9,11-12H2,1-3H3,(H,22,26). The van der Waals surface area contributed by atoms with Crippen molar-refractivity contribution >= 4 is 23.6 Å². The van der Waals surface area contributed by atoms with E-state index in [4.69, 9.17) is 4.42 Å². The fourth-order valence-corrected chi connectivity index (χ4v) is 4.15. The molecule has 2 atom stereocenters. The topological polar surface area (TPSA) is 93.3 Å². The Kier molecular flexibility index (Phi) is 7.35. The van der Waals surface area contributed by atoms with Crippen LogP contribution in [0.5, 0.6) is 0 Å². The molecule has 2 amide bonds. The van der Waals surface area contributed by atoms with E-state index in [0.29, 0.717) is 19.5 Å². The Balaban J connectivity index is 1.70. The smallest absolute Gasteiger partial charge is 0.287 e. The van der Waals surface area contributed by atoms with Crippen LogP contribution in [0, 0.1) is 0 Å². The highest BCUT2D eigenvalue weighted by atomic mass is 32.2. The minimum absolute atomic E-state index is 0.0423. The number of hydrogen-bond acceptors (Lipinski definition) is 6. The van der Waals surface area contributed by atoms with Crippen LogP contribution in [0.4, 0.5) is 0 Å². The molecule has 2 unspecified atom stereocenters. The molecular weight excluding hydrogens is 390 g/mol. The van der Waals surface area contributed by atoms with E-state index in [0.717, 1.165) is 24.4 Å². The Morgan fingerprint density at radius 1 is 1.41 bits per heavy atom. The zero-order valence-corrected chi connectivity index (χ0v) is 18.0. The molecule has 1 aliphatic heterocycles. The Bertz CT molecular complexity index is 805. The third kappa shape index (κ3) is 5.20. The molecule has 1 N–H and O–H groups in total. The summed E-state index contributed by atoms with van der Waals surface area (Å²) in [4.78, 5) is 27.6. The van der Waals surface area contributed by atoms with E-state index in [-0.39, 0.29) is 29.5 Å². The molecule has 2 aromatic rings. The Morgan fingerprint density at radius 2 is 2.24 bits per heavy atom. The Morgan fingerprint density at radius 3 is 2.93 bits per heavy atom. The Hall–Kier alpha value is -2.29. The number of hydrogen-bond donors (Lipinski definition) is 1. The zero-order chi connectivity index (χ0) is 20.8. The number of furan rings is 1. The first-order valence-electron chi connectivity index (χ1n) is 10.0. The molecule has 1 aliphatic rings. The monoisotopic (exact) mass is 419 g/mol. The second-order valence-corrected chi connectivity index (χ2v) is 8.58. The minimum Gasteiger partial charge on any atom is -0.459 e. The van der Waals surface area contributed by atoms with Gasteiger partial charge in [-0.15, -0.1) is 10.2 Å². The van der Waals surface area contributed by atoms with Gasteiger partial charge in [0.05, 0.1) is 6.26 Å². The van der Waals surface area contributed by atoms with Gasteiger partial charge in [-0.2, -0.15) is 11.8 Å². The highest BCUT2D eigenvalue weighted by Gasteiger charge is 2.32. The lowest BCUT2D eigenvalue weighted by atomic mass is 9.96. The average Bonchev–Trinajstić information content (AvgIpc) is 3.42. The van der Waals surface area contributed by atoms with Crippen LogP contribution in [-0.4, -0.2) is 62.6 Å². The number of carbonyl (C=O) groups excluding carboxylic acids is 2. The number of carbonyl (C=O) groups is 2. The van der Waals surface area contributed by atoms with E-state index in [1.807, 2.05) is 11.2 Å². The normalized spacial score (nSPS) is 18.1. The average molecular weight is 420 g/mol. The first kappa shape index (κ1) is 21.4. The van der Waals surface area contributed by atoms with E-state index < -0.39 is 6.04 Å². The SMILES string of the molecule is CSCCC(NC(=O)c1ccco1)C(=O)N1CCCC(c2nncn2C(C)C)C1. The molecule has 3 heterocycles. The van der Waals surface area contributed by atoms with Gasteiger partial charge in [0.25, 0.3) is 5.91 Å². The third-order valence-electron chi connectivity index (χ3n) is 5.21. The molecule has 0 aromatic carbocycles. The van der Waals surface area contributed by atoms with Crippen LogP contribution in [-0.2, 0) is 4.79 Å². The van der Waals surface area contributed by atoms with Crippen LogP contribution >= 0.6 is 11.8 Å². The molecule has 1 fully saturated rings. The van der Waals surface area contributed by atoms with Crippen molar-refractivity contribution in [1.29, 1.82) is 0 Å². The van der Waals surface area contributed by atoms with Crippen molar-refractivity contribution in [3.8, 4) is 0 Å². The van der Waals surface area contributed by atoms with Gasteiger partial charge in [-0.25, -0.2) is 0 Å². The maximum absolute atomic E-state index is 13.3. The summed E-state index contributed by atoms with van der Waals surface area (Å²) < 4.78 is 7.24. The lowest BCUT2D eigenvalue weighted by Gasteiger charge is -2.35. The van der Waals surface area contributed by atoms with E-state index in [1.54, 1.807) is 30.2 Å². The van der Waals surface area contributed by atoms with Crippen molar-refractivity contribution in [2.24, 2.45) is 0 Å². The summed E-state index contributed by atoms with van der Waals surface area (Å²) in [5.41, 5.74) is 0. The van der Waals surface area contributed by atoms with Gasteiger partial charge >= 0.3 is 0 Å². The van der Waals surface area contributed by atoms with E-state index in [2.05, 4.69) is 33.9 Å². The highest BCUT2D eigenvalue weighted by Crippen LogP contribution is 2.27. The van der Waals surface area contributed by atoms with Gasteiger partial charge < -0.3 is 19.2 Å². The summed E-state index contributed by atoms with van der Waals surface area (Å²) in [6.45, 7) is 5.48. The van der Waals surface area contributed by atoms with E-state index >= 15 is 0 Å². The number of piperidine rings is 1. The molecule has 29 heavy (non-hydrogen) atoms. The summed E-state index contributed by atoms with van der Waals surface area (Å²) in [7, 11) is 0. The van der Waals surface area contributed by atoms with Crippen LogP contribution in [0.25, 0.3) is 0 Å². The van der Waals surface area contributed by atoms with Crippen LogP contribution in [0.1, 0.15) is 61.4 Å². The molecule has 0 bridgehead atoms. The maximum atomic E-state index is 13.3. The van der Waals surface area contributed by atoms with Gasteiger partial charge in [0.15, 0.2) is 5.76 Å². The minimum atomic E-state index is -0.568. The quantitative estimate of drug-likeness (QED) is 0.707. The molecule has 158 valence electrons. The summed E-state index contributed by atoms with van der Waals surface area (Å²) in [6, 6.07) is 2.96. The summed E-state index contributed by atoms with van der Waals surface area (Å²) in [6.07, 6.45) is 7.66. The number of aromatic nitrogens is 3. The van der Waals surface area contributed by atoms with Gasteiger partial charge in [0, 0.05) is 25.0 Å². The number of thioether (sulfide) groups is 1. The predicted octanol–water partition coefficient (Wildman–Crippen LogP) is 2.71. The van der Waals surface area contributed by atoms with E-state index in [9.17, 15) is 9.59 Å². The first-order valence-corrected chi connectivity index (χ1v) is 11.4. The predicted molar refractivity (Wildman–Crippen MR) is 112 cm³/mol. The number of nitrogens with one attached hydrogen (secondary N) is 1. The second kappa shape index (κ2) is 9.96. The molecule has 0 saturated carbocycles. The molecular formula is C20H29N5O3S. The first-order chi connectivity index (χ1) is 14.0. The molecule has 9 heteroatoms. The van der Waals surface area contributed by atoms with Crippen molar-refractivity contribution in [1.82, 2.24) is 25.0 Å². The van der Waals surface area contributed by atoms with Gasteiger partial charge in [0.2, 0.25) is 5.91 Å². The molecule has 2 aromatic heterocycles. The molecule has 8 nitrogen and oxygen atoms in total. The third-order valence-corrected chi connectivity index (χ3v) is 5.86. The van der Waals surface area contributed by atoms with Gasteiger partial charge in [0.1, 0.15) is 18.2 Å². The van der Waals surface area contributed by atoms with Crippen LogP contribution in [0.3, 0.4) is 0 Å². The van der Waals surface area contributed by atoms with Crippen molar-refractivity contribution in [2.75, 3.05) is 25.1 Å². The number of nitrogens with zero attached hydrogens (tertiary/aromatic N) is 4. The van der Waals surface area contributed by atoms with Crippen LogP contribution < -0.4 is 5.32 Å². The molecule has 3 rings (SSSR count). The van der Waals surface area contributed by atoms with Crippen molar-refractivity contribution in [2.45, 2.75) is 51.1 Å². The fourth-order valence-electron chi connectivity index (χ4n) is 3.68. The second-order valence-electron chi connectivity index (χ2n) is 7.60. The lowest BCUT2D eigenvalue weighted by molar-refractivity contribution is -0.134. The number of amides is 2. The lowest BCUT2D eigenvalue weighted by Crippen LogP contribution is -2.51. The Labute approximate surface area is 175 Å². The molecule has 1 saturated heterocycles. The van der Waals surface area contributed by atoms with Crippen molar-refractivity contribution in [3.63, 3.8) is 0 Å². The number of likely N-dealkylation sites (tertiary alicyclic amines) is 1. The molecule has 0 aliphatic carbocycles. The van der Waals surface area contributed by atoms with Crippen molar-refractivity contribution in [3.05, 3.63) is 36.3 Å². The van der Waals surface area contributed by atoms with Gasteiger partial charge in [-0.1, -0.05) is 0 Å². The maximum Gasteiger partial charge on any atom is 0.287 e. The van der Waals surface area contributed by atoms with Gasteiger partial charge in [-0.05, 0) is 57.3 Å². The van der Waals surface area contributed by atoms with Crippen LogP contribution in [0.15, 0.2) is 29.1 Å². The zero-order valence-electron chi connectivity index (χ0n) is 17.2. The fraction of sp³-hybridized carbons (Fsp3) is 0.600. The summed E-state index contributed by atoms with van der Waals surface area (Å²) in [5.74, 6) is 1.68. The van der Waals surface area contributed by atoms with Crippen LogP contribution in [0.2, 0.25) is 0 Å². The van der Waals surface area contributed by atoms with Crippen molar-refractivity contribution < 1.29 is 14.0 Å².